The molecule has 6 nitrogen and oxygen atoms in total. The van der Waals surface area contributed by atoms with Crippen molar-refractivity contribution in [2.45, 2.75) is 32.4 Å². The van der Waals surface area contributed by atoms with Gasteiger partial charge in [0.05, 0.1) is 11.7 Å². The zero-order chi connectivity index (χ0) is 13.0. The first kappa shape index (κ1) is 12.8. The fourth-order valence-corrected chi connectivity index (χ4v) is 2.13. The maximum absolute atomic E-state index is 5.65. The lowest BCUT2D eigenvalue weighted by molar-refractivity contribution is 0.485. The molecule has 1 atom stereocenters. The van der Waals surface area contributed by atoms with Crippen molar-refractivity contribution >= 4 is 0 Å². The predicted octanol–water partition coefficient (Wildman–Crippen LogP) is 0.774. The minimum atomic E-state index is 0.0236. The highest BCUT2D eigenvalue weighted by atomic mass is 15.3. The first-order valence-corrected chi connectivity index (χ1v) is 6.20. The smallest absolute Gasteiger partial charge is 0.110 e. The van der Waals surface area contributed by atoms with Crippen LogP contribution in [0, 0.1) is 0 Å². The maximum atomic E-state index is 5.65. The lowest BCUT2D eigenvalue weighted by atomic mass is 10.1. The van der Waals surface area contributed by atoms with Gasteiger partial charge in [-0.1, -0.05) is 6.92 Å². The van der Waals surface area contributed by atoms with Gasteiger partial charge < -0.3 is 4.57 Å². The van der Waals surface area contributed by atoms with Crippen molar-refractivity contribution in [2.24, 2.45) is 12.9 Å². The Hall–Kier alpha value is -1.66. The molecule has 0 bridgehead atoms. The second-order valence-corrected chi connectivity index (χ2v) is 4.34. The van der Waals surface area contributed by atoms with Gasteiger partial charge in [-0.05, 0) is 12.5 Å². The highest BCUT2D eigenvalue weighted by molar-refractivity contribution is 5.09. The molecular weight excluding hydrogens is 228 g/mol. The van der Waals surface area contributed by atoms with Gasteiger partial charge in [0.25, 0.3) is 0 Å². The molecule has 2 heterocycles. The van der Waals surface area contributed by atoms with Crippen LogP contribution in [0.5, 0.6) is 0 Å². The monoisotopic (exact) mass is 248 g/mol. The van der Waals surface area contributed by atoms with Gasteiger partial charge in [-0.15, -0.1) is 0 Å². The van der Waals surface area contributed by atoms with Gasteiger partial charge >= 0.3 is 0 Å². The number of rotatable bonds is 6. The molecule has 0 aliphatic heterocycles. The summed E-state index contributed by atoms with van der Waals surface area (Å²) in [4.78, 5) is 4.40. The average molecular weight is 248 g/mol. The Morgan fingerprint density at radius 3 is 2.89 bits per heavy atom. The van der Waals surface area contributed by atoms with E-state index >= 15 is 0 Å². The van der Waals surface area contributed by atoms with Crippen LogP contribution in [0.4, 0.5) is 0 Å². The molecule has 0 fully saturated rings. The Kier molecular flexibility index (Phi) is 4.11. The zero-order valence-electron chi connectivity index (χ0n) is 10.9. The Morgan fingerprint density at radius 1 is 1.44 bits per heavy atom. The Labute approximate surface area is 107 Å². The summed E-state index contributed by atoms with van der Waals surface area (Å²) in [5, 5.41) is 4.17. The number of hydrogen-bond donors (Lipinski definition) is 2. The summed E-state index contributed by atoms with van der Waals surface area (Å²) in [6.45, 7) is 3.14. The third-order valence-electron chi connectivity index (χ3n) is 3.07. The van der Waals surface area contributed by atoms with Crippen LogP contribution in [0.3, 0.4) is 0 Å². The van der Waals surface area contributed by atoms with E-state index in [-0.39, 0.29) is 6.04 Å². The minimum absolute atomic E-state index is 0.0236. The lowest BCUT2D eigenvalue weighted by Gasteiger charge is -2.16. The van der Waals surface area contributed by atoms with E-state index in [1.54, 1.807) is 6.20 Å². The van der Waals surface area contributed by atoms with Gasteiger partial charge in [-0.3, -0.25) is 16.0 Å². The number of hydrazine groups is 1. The third-order valence-corrected chi connectivity index (χ3v) is 3.07. The van der Waals surface area contributed by atoms with E-state index < -0.39 is 0 Å². The van der Waals surface area contributed by atoms with Crippen molar-refractivity contribution in [1.29, 1.82) is 0 Å². The van der Waals surface area contributed by atoms with E-state index in [1.165, 1.54) is 0 Å². The van der Waals surface area contributed by atoms with Crippen LogP contribution < -0.4 is 11.3 Å². The highest BCUT2D eigenvalue weighted by Crippen LogP contribution is 2.16. The fraction of sp³-hybridized carbons (Fsp3) is 0.500. The largest absolute Gasteiger partial charge is 0.335 e. The summed E-state index contributed by atoms with van der Waals surface area (Å²) in [5.74, 6) is 6.69. The van der Waals surface area contributed by atoms with Crippen molar-refractivity contribution < 1.29 is 0 Å². The molecule has 0 aromatic carbocycles. The molecule has 0 aliphatic carbocycles. The summed E-state index contributed by atoms with van der Waals surface area (Å²) in [6.07, 6.45) is 7.47. The lowest BCUT2D eigenvalue weighted by Crippen LogP contribution is -2.31. The summed E-state index contributed by atoms with van der Waals surface area (Å²) in [5.41, 5.74) is 3.90. The Bertz CT molecular complexity index is 486. The van der Waals surface area contributed by atoms with E-state index in [2.05, 4.69) is 27.0 Å². The maximum Gasteiger partial charge on any atom is 0.110 e. The number of aromatic nitrogens is 4. The van der Waals surface area contributed by atoms with Gasteiger partial charge in [0, 0.05) is 38.6 Å². The first-order valence-electron chi connectivity index (χ1n) is 6.20. The molecule has 0 saturated carbocycles. The number of nitrogens with zero attached hydrogens (tertiary/aromatic N) is 4. The summed E-state index contributed by atoms with van der Waals surface area (Å²) in [7, 11) is 1.91. The molecule has 3 N–H and O–H groups in total. The van der Waals surface area contributed by atoms with E-state index in [9.17, 15) is 0 Å². The quantitative estimate of drug-likeness (QED) is 0.585. The molecule has 98 valence electrons. The molecule has 6 heteroatoms. The molecular formula is C12H20N6. The third kappa shape index (κ3) is 2.60. The first-order chi connectivity index (χ1) is 8.76. The molecule has 0 radical (unpaired) electrons. The van der Waals surface area contributed by atoms with Crippen LogP contribution >= 0.6 is 0 Å². The van der Waals surface area contributed by atoms with Gasteiger partial charge in [-0.2, -0.15) is 5.10 Å². The van der Waals surface area contributed by atoms with Crippen LogP contribution in [0.25, 0.3) is 0 Å². The summed E-state index contributed by atoms with van der Waals surface area (Å²) >= 11 is 0. The molecule has 0 aliphatic rings. The fourth-order valence-electron chi connectivity index (χ4n) is 2.13. The SMILES string of the molecule is CCCn1ccnc1CC(NN)c1ccnn1C. The highest BCUT2D eigenvalue weighted by Gasteiger charge is 2.16. The van der Waals surface area contributed by atoms with Crippen molar-refractivity contribution in [3.8, 4) is 0 Å². The number of aryl methyl sites for hydroxylation is 2. The van der Waals surface area contributed by atoms with Gasteiger partial charge in [-0.25, -0.2) is 4.98 Å². The number of nitrogens with two attached hydrogens (primary N) is 1. The Morgan fingerprint density at radius 2 is 2.28 bits per heavy atom. The second kappa shape index (κ2) is 5.79. The van der Waals surface area contributed by atoms with Crippen molar-refractivity contribution in [2.75, 3.05) is 0 Å². The molecule has 2 rings (SSSR count). The van der Waals surface area contributed by atoms with Crippen molar-refractivity contribution in [3.63, 3.8) is 0 Å². The number of hydrogen-bond acceptors (Lipinski definition) is 4. The van der Waals surface area contributed by atoms with Crippen LogP contribution in [0.2, 0.25) is 0 Å². The minimum Gasteiger partial charge on any atom is -0.335 e. The molecule has 18 heavy (non-hydrogen) atoms. The molecule has 2 aromatic heterocycles. The average Bonchev–Trinajstić information content (AvgIpc) is 2.96. The second-order valence-electron chi connectivity index (χ2n) is 4.34. The number of nitrogens with one attached hydrogen (secondary N) is 1. The van der Waals surface area contributed by atoms with E-state index in [1.807, 2.05) is 30.2 Å². The molecule has 0 saturated heterocycles. The van der Waals surface area contributed by atoms with Crippen LogP contribution in [-0.2, 0) is 20.0 Å². The molecule has 2 aromatic rings. The van der Waals surface area contributed by atoms with Gasteiger partial charge in [0.1, 0.15) is 5.82 Å². The predicted molar refractivity (Wildman–Crippen MR) is 69.5 cm³/mol. The Balaban J connectivity index is 2.15. The van der Waals surface area contributed by atoms with Crippen molar-refractivity contribution in [3.05, 3.63) is 36.2 Å². The van der Waals surface area contributed by atoms with E-state index in [4.69, 9.17) is 5.84 Å². The molecule has 0 amide bonds. The van der Waals surface area contributed by atoms with Crippen LogP contribution in [-0.4, -0.2) is 19.3 Å². The standard InChI is InChI=1S/C12H20N6/c1-3-7-18-8-6-14-12(18)9-10(16-13)11-4-5-15-17(11)2/h4-6,8,10,16H,3,7,9,13H2,1-2H3. The topological polar surface area (TPSA) is 73.7 Å². The summed E-state index contributed by atoms with van der Waals surface area (Å²) in [6, 6.07) is 1.99. The zero-order valence-corrected chi connectivity index (χ0v) is 10.9. The van der Waals surface area contributed by atoms with E-state index in [0.29, 0.717) is 0 Å². The summed E-state index contributed by atoms with van der Waals surface area (Å²) < 4.78 is 4.00. The molecule has 1 unspecified atom stereocenters. The number of imidazole rings is 1. The van der Waals surface area contributed by atoms with Gasteiger partial charge in [0.2, 0.25) is 0 Å². The van der Waals surface area contributed by atoms with Crippen LogP contribution in [0.1, 0.15) is 30.9 Å². The van der Waals surface area contributed by atoms with E-state index in [0.717, 1.165) is 30.9 Å². The normalized spacial score (nSPS) is 12.8. The van der Waals surface area contributed by atoms with Gasteiger partial charge in [0.15, 0.2) is 0 Å². The van der Waals surface area contributed by atoms with Crippen molar-refractivity contribution in [1.82, 2.24) is 24.8 Å². The van der Waals surface area contributed by atoms with Crippen LogP contribution in [0.15, 0.2) is 24.7 Å². The molecule has 0 spiro atoms.